The van der Waals surface area contributed by atoms with Crippen LogP contribution in [0.1, 0.15) is 34.5 Å². The third-order valence-electron chi connectivity index (χ3n) is 3.94. The predicted molar refractivity (Wildman–Crippen MR) is 103 cm³/mol. The van der Waals surface area contributed by atoms with Crippen LogP contribution in [-0.2, 0) is 13.2 Å². The Morgan fingerprint density at radius 1 is 1.27 bits per heavy atom. The molecule has 0 saturated carbocycles. The van der Waals surface area contributed by atoms with Gasteiger partial charge in [0.15, 0.2) is 5.78 Å². The van der Waals surface area contributed by atoms with Crippen molar-refractivity contribution in [2.75, 3.05) is 0 Å². The highest BCUT2D eigenvalue weighted by Crippen LogP contribution is 2.18. The lowest BCUT2D eigenvalue weighted by atomic mass is 10.1. The summed E-state index contributed by atoms with van der Waals surface area (Å²) in [6, 6.07) is 11.2. The van der Waals surface area contributed by atoms with E-state index in [1.54, 1.807) is 17.0 Å². The number of ketones is 1. The Labute approximate surface area is 160 Å². The number of benzene rings is 1. The average molecular weight is 415 g/mol. The van der Waals surface area contributed by atoms with Crippen molar-refractivity contribution in [3.8, 4) is 5.75 Å². The quantitative estimate of drug-likeness (QED) is 0.401. The summed E-state index contributed by atoms with van der Waals surface area (Å²) >= 11 is 3.39. The molecule has 0 fully saturated rings. The number of hydrogen-bond donors (Lipinski definition) is 0. The average Bonchev–Trinajstić information content (AvgIpc) is 3.25. The van der Waals surface area contributed by atoms with Gasteiger partial charge in [-0.25, -0.2) is 0 Å². The van der Waals surface area contributed by atoms with Gasteiger partial charge < -0.3 is 9.15 Å². The molecule has 3 aromatic rings. The van der Waals surface area contributed by atoms with Gasteiger partial charge >= 0.3 is 0 Å². The molecule has 0 amide bonds. The Kier molecular flexibility index (Phi) is 5.73. The van der Waals surface area contributed by atoms with E-state index in [0.717, 1.165) is 22.5 Å². The van der Waals surface area contributed by atoms with E-state index in [-0.39, 0.29) is 5.78 Å². The maximum Gasteiger partial charge on any atom is 0.189 e. The van der Waals surface area contributed by atoms with Gasteiger partial charge in [-0.15, -0.1) is 0 Å². The first-order valence-electron chi connectivity index (χ1n) is 8.28. The van der Waals surface area contributed by atoms with Crippen LogP contribution in [0.15, 0.2) is 57.6 Å². The summed E-state index contributed by atoms with van der Waals surface area (Å²) in [6.07, 6.45) is 4.77. The van der Waals surface area contributed by atoms with Crippen molar-refractivity contribution in [2.24, 2.45) is 0 Å². The van der Waals surface area contributed by atoms with E-state index in [2.05, 4.69) is 21.0 Å². The molecule has 134 valence electrons. The normalized spacial score (nSPS) is 11.2. The first-order valence-corrected chi connectivity index (χ1v) is 9.08. The maximum absolute atomic E-state index is 12.3. The van der Waals surface area contributed by atoms with Crippen LogP contribution in [0.25, 0.3) is 6.08 Å². The summed E-state index contributed by atoms with van der Waals surface area (Å²) in [5, 5.41) is 4.19. The van der Waals surface area contributed by atoms with Gasteiger partial charge in [-0.2, -0.15) is 5.10 Å². The van der Waals surface area contributed by atoms with Crippen LogP contribution in [0.3, 0.4) is 0 Å². The van der Waals surface area contributed by atoms with Crippen LogP contribution in [-0.4, -0.2) is 15.6 Å². The Balaban J connectivity index is 1.60. The smallest absolute Gasteiger partial charge is 0.189 e. The fourth-order valence-electron chi connectivity index (χ4n) is 2.50. The van der Waals surface area contributed by atoms with Gasteiger partial charge in [-0.1, -0.05) is 15.9 Å². The fourth-order valence-corrected chi connectivity index (χ4v) is 2.77. The molecule has 2 aromatic heterocycles. The summed E-state index contributed by atoms with van der Waals surface area (Å²) in [5.74, 6) is 1.97. The van der Waals surface area contributed by atoms with Crippen molar-refractivity contribution in [3.05, 3.63) is 75.9 Å². The highest BCUT2D eigenvalue weighted by atomic mass is 79.9. The van der Waals surface area contributed by atoms with E-state index in [1.165, 1.54) is 6.08 Å². The first-order chi connectivity index (χ1) is 12.6. The molecule has 0 saturated heterocycles. The predicted octanol–water partition coefficient (Wildman–Crippen LogP) is 5.04. The zero-order chi connectivity index (χ0) is 18.5. The molecule has 1 aromatic carbocycles. The number of nitrogens with zero attached hydrogens (tertiary/aromatic N) is 2. The number of carbonyl (C=O) groups is 1. The molecule has 0 unspecified atom stereocenters. The highest BCUT2D eigenvalue weighted by Gasteiger charge is 2.11. The number of allylic oxidation sites excluding steroid dienone is 1. The van der Waals surface area contributed by atoms with Crippen LogP contribution in [0.2, 0.25) is 0 Å². The third kappa shape index (κ3) is 4.32. The Bertz CT molecular complexity index is 923. The molecule has 3 rings (SSSR count). The number of ether oxygens (including phenoxy) is 1. The van der Waals surface area contributed by atoms with Gasteiger partial charge in [0.2, 0.25) is 0 Å². The van der Waals surface area contributed by atoms with Gasteiger partial charge in [-0.05, 0) is 62.4 Å². The number of aryl methyl sites for hydroxylation is 1. The van der Waals surface area contributed by atoms with Crippen molar-refractivity contribution < 1.29 is 13.9 Å². The van der Waals surface area contributed by atoms with Gasteiger partial charge in [-0.3, -0.25) is 9.48 Å². The molecule has 0 radical (unpaired) electrons. The van der Waals surface area contributed by atoms with Crippen LogP contribution in [0.4, 0.5) is 0 Å². The van der Waals surface area contributed by atoms with Crippen molar-refractivity contribution in [1.82, 2.24) is 9.78 Å². The topological polar surface area (TPSA) is 57.3 Å². The molecule has 0 spiro atoms. The molecular formula is C20H19BrN2O3. The lowest BCUT2D eigenvalue weighted by Crippen LogP contribution is -2.01. The zero-order valence-electron chi connectivity index (χ0n) is 14.6. The third-order valence-corrected chi connectivity index (χ3v) is 4.47. The number of rotatable bonds is 7. The molecular weight excluding hydrogens is 396 g/mol. The lowest BCUT2D eigenvalue weighted by molar-refractivity contribution is 0.104. The Morgan fingerprint density at radius 3 is 2.73 bits per heavy atom. The Morgan fingerprint density at radius 2 is 2.04 bits per heavy atom. The molecule has 0 aliphatic rings. The van der Waals surface area contributed by atoms with Crippen LogP contribution < -0.4 is 4.74 Å². The highest BCUT2D eigenvalue weighted by molar-refractivity contribution is 9.10. The van der Waals surface area contributed by atoms with Gasteiger partial charge in [0.05, 0.1) is 11.8 Å². The van der Waals surface area contributed by atoms with Crippen LogP contribution in [0, 0.1) is 6.92 Å². The second-order valence-electron chi connectivity index (χ2n) is 5.70. The van der Waals surface area contributed by atoms with E-state index in [9.17, 15) is 4.79 Å². The second kappa shape index (κ2) is 8.19. The monoisotopic (exact) mass is 414 g/mol. The molecule has 0 atom stereocenters. The summed E-state index contributed by atoms with van der Waals surface area (Å²) in [6.45, 7) is 4.95. The van der Waals surface area contributed by atoms with E-state index in [4.69, 9.17) is 9.15 Å². The largest absolute Gasteiger partial charge is 0.486 e. The molecule has 5 nitrogen and oxygen atoms in total. The number of carbonyl (C=O) groups excluding carboxylic acids is 1. The van der Waals surface area contributed by atoms with Crippen LogP contribution >= 0.6 is 15.9 Å². The van der Waals surface area contributed by atoms with Crippen molar-refractivity contribution in [3.63, 3.8) is 0 Å². The molecule has 0 aliphatic heterocycles. The van der Waals surface area contributed by atoms with Crippen molar-refractivity contribution >= 4 is 27.8 Å². The summed E-state index contributed by atoms with van der Waals surface area (Å²) in [5.41, 5.74) is 1.47. The lowest BCUT2D eigenvalue weighted by Gasteiger charge is -2.03. The molecule has 0 aliphatic carbocycles. The second-order valence-corrected chi connectivity index (χ2v) is 6.62. The van der Waals surface area contributed by atoms with Gasteiger partial charge in [0, 0.05) is 16.7 Å². The van der Waals surface area contributed by atoms with E-state index >= 15 is 0 Å². The van der Waals surface area contributed by atoms with E-state index < -0.39 is 0 Å². The maximum atomic E-state index is 12.3. The number of furan rings is 1. The van der Waals surface area contributed by atoms with Crippen molar-refractivity contribution in [2.45, 2.75) is 27.0 Å². The zero-order valence-corrected chi connectivity index (χ0v) is 16.2. The minimum Gasteiger partial charge on any atom is -0.486 e. The molecule has 6 heteroatoms. The fraction of sp³-hybridized carbons (Fsp3) is 0.200. The molecule has 0 N–H and O–H groups in total. The summed E-state index contributed by atoms with van der Waals surface area (Å²) < 4.78 is 14.1. The first kappa shape index (κ1) is 18.2. The SMILES string of the molecule is CCn1ncc(C(=O)/C=C/c2ccc(COc3ccc(Br)cc3)o2)c1C. The standard InChI is InChI=1S/C20H19BrN2O3/c1-3-23-14(2)19(12-22-23)20(24)11-10-17-8-9-18(26-17)13-25-16-6-4-15(21)5-7-16/h4-12H,3,13H2,1-2H3/b11-10+. The summed E-state index contributed by atoms with van der Waals surface area (Å²) in [4.78, 5) is 12.3. The van der Waals surface area contributed by atoms with Crippen molar-refractivity contribution in [1.29, 1.82) is 0 Å². The minimum absolute atomic E-state index is 0.0914. The number of halogens is 1. The summed E-state index contributed by atoms with van der Waals surface area (Å²) in [7, 11) is 0. The van der Waals surface area contributed by atoms with Gasteiger partial charge in [0.1, 0.15) is 23.9 Å². The number of aromatic nitrogens is 2. The minimum atomic E-state index is -0.0914. The van der Waals surface area contributed by atoms with E-state index in [1.807, 2.05) is 50.2 Å². The van der Waals surface area contributed by atoms with Gasteiger partial charge in [0.25, 0.3) is 0 Å². The molecule has 2 heterocycles. The molecule has 0 bridgehead atoms. The van der Waals surface area contributed by atoms with Crippen LogP contribution in [0.5, 0.6) is 5.75 Å². The Hall–Kier alpha value is -2.60. The number of hydrogen-bond acceptors (Lipinski definition) is 4. The molecule has 26 heavy (non-hydrogen) atoms. The van der Waals surface area contributed by atoms with E-state index in [0.29, 0.717) is 23.7 Å².